The number of urea groups is 1. The lowest BCUT2D eigenvalue weighted by Gasteiger charge is -2.17. The lowest BCUT2D eigenvalue weighted by atomic mass is 10.0. The summed E-state index contributed by atoms with van der Waals surface area (Å²) in [4.78, 5) is 22.4. The Labute approximate surface area is 123 Å². The Hall–Kier alpha value is -2.82. The maximum Gasteiger partial charge on any atom is 0.318 e. The van der Waals surface area contributed by atoms with E-state index in [2.05, 4.69) is 10.6 Å². The van der Waals surface area contributed by atoms with Crippen molar-refractivity contribution in [3.05, 3.63) is 54.6 Å². The molecule has 4 N–H and O–H groups in total. The fourth-order valence-corrected chi connectivity index (χ4v) is 2.01. The summed E-state index contributed by atoms with van der Waals surface area (Å²) in [6.07, 6.45) is 0. The molecule has 1 atom stereocenters. The van der Waals surface area contributed by atoms with E-state index < -0.39 is 18.0 Å². The largest absolute Gasteiger partial charge is 0.373 e. The molecule has 0 heterocycles. The minimum Gasteiger partial charge on any atom is -0.373 e. The van der Waals surface area contributed by atoms with Crippen molar-refractivity contribution in [3.63, 3.8) is 0 Å². The summed E-state index contributed by atoms with van der Waals surface area (Å²) in [7, 11) is 0. The van der Waals surface area contributed by atoms with Gasteiger partial charge in [-0.15, -0.1) is 0 Å². The topological polar surface area (TPSA) is 84.2 Å². The maximum absolute atomic E-state index is 11.7. The van der Waals surface area contributed by atoms with Gasteiger partial charge in [0, 0.05) is 11.3 Å². The fraction of sp³-hybridized carbons (Fsp3) is 0.125. The molecule has 0 saturated carbocycles. The molecule has 2 aromatic carbocycles. The average molecular weight is 283 g/mol. The van der Waals surface area contributed by atoms with Gasteiger partial charge in [-0.3, -0.25) is 10.1 Å². The molecule has 5 heteroatoms. The van der Waals surface area contributed by atoms with E-state index in [1.54, 1.807) is 6.92 Å². The van der Waals surface area contributed by atoms with Gasteiger partial charge >= 0.3 is 6.03 Å². The second-order valence-corrected chi connectivity index (χ2v) is 4.63. The number of primary amides is 1. The molecule has 0 saturated heterocycles. The fourth-order valence-electron chi connectivity index (χ4n) is 2.01. The van der Waals surface area contributed by atoms with E-state index in [-0.39, 0.29) is 0 Å². The molecule has 0 aliphatic rings. The van der Waals surface area contributed by atoms with Crippen molar-refractivity contribution in [1.29, 1.82) is 0 Å². The molecule has 2 aromatic rings. The van der Waals surface area contributed by atoms with Crippen LogP contribution in [0.15, 0.2) is 54.6 Å². The molecule has 0 fully saturated rings. The average Bonchev–Trinajstić information content (AvgIpc) is 2.48. The lowest BCUT2D eigenvalue weighted by molar-refractivity contribution is -0.120. The Morgan fingerprint density at radius 2 is 1.62 bits per heavy atom. The highest BCUT2D eigenvalue weighted by Crippen LogP contribution is 2.27. The summed E-state index contributed by atoms with van der Waals surface area (Å²) >= 11 is 0. The van der Waals surface area contributed by atoms with E-state index in [1.807, 2.05) is 54.6 Å². The van der Waals surface area contributed by atoms with Crippen molar-refractivity contribution >= 4 is 17.6 Å². The molecule has 0 spiro atoms. The first-order valence-electron chi connectivity index (χ1n) is 6.59. The van der Waals surface area contributed by atoms with Crippen LogP contribution in [0, 0.1) is 0 Å². The van der Waals surface area contributed by atoms with E-state index in [0.29, 0.717) is 0 Å². The van der Waals surface area contributed by atoms with Crippen molar-refractivity contribution in [3.8, 4) is 11.1 Å². The van der Waals surface area contributed by atoms with Gasteiger partial charge in [-0.25, -0.2) is 4.79 Å². The maximum atomic E-state index is 11.7. The van der Waals surface area contributed by atoms with Crippen LogP contribution in [0.25, 0.3) is 11.1 Å². The summed E-state index contributed by atoms with van der Waals surface area (Å²) in [6.45, 7) is 1.67. The molecular formula is C16H17N3O2. The molecule has 0 aliphatic heterocycles. The van der Waals surface area contributed by atoms with Gasteiger partial charge in [-0.1, -0.05) is 48.5 Å². The standard InChI is InChI=1S/C16H17N3O2/c1-11(15(20)19-16(17)21)18-14-10-6-5-9-13(14)12-7-3-2-4-8-12/h2-11,18H,1H3,(H3,17,19,20,21). The number of nitrogens with two attached hydrogens (primary N) is 1. The summed E-state index contributed by atoms with van der Waals surface area (Å²) in [5.41, 5.74) is 7.79. The molecule has 0 radical (unpaired) electrons. The number of rotatable bonds is 4. The zero-order valence-corrected chi connectivity index (χ0v) is 11.7. The minimum atomic E-state index is -0.856. The highest BCUT2D eigenvalue weighted by Gasteiger charge is 2.15. The Bertz CT molecular complexity index is 641. The SMILES string of the molecule is CC(Nc1ccccc1-c1ccccc1)C(=O)NC(N)=O. The number of hydrogen-bond acceptors (Lipinski definition) is 3. The predicted octanol–water partition coefficient (Wildman–Crippen LogP) is 2.35. The number of imide groups is 1. The summed E-state index contributed by atoms with van der Waals surface area (Å²) in [5.74, 6) is -0.467. The zero-order chi connectivity index (χ0) is 15.2. The third kappa shape index (κ3) is 3.82. The second kappa shape index (κ2) is 6.56. The first kappa shape index (κ1) is 14.6. The quantitative estimate of drug-likeness (QED) is 0.805. The van der Waals surface area contributed by atoms with Gasteiger partial charge in [0.05, 0.1) is 0 Å². The number of carbonyl (C=O) groups excluding carboxylic acids is 2. The highest BCUT2D eigenvalue weighted by atomic mass is 16.2. The number of nitrogens with one attached hydrogen (secondary N) is 2. The number of amides is 3. The van der Waals surface area contributed by atoms with E-state index in [9.17, 15) is 9.59 Å². The molecule has 3 amide bonds. The number of carbonyl (C=O) groups is 2. The zero-order valence-electron chi connectivity index (χ0n) is 11.7. The summed E-state index contributed by atoms with van der Waals surface area (Å²) in [6, 6.07) is 16.1. The number of hydrogen-bond donors (Lipinski definition) is 3. The lowest BCUT2D eigenvalue weighted by Crippen LogP contribution is -2.43. The Balaban J connectivity index is 2.21. The monoisotopic (exact) mass is 283 g/mol. The van der Waals surface area contributed by atoms with Crippen molar-refractivity contribution in [1.82, 2.24) is 5.32 Å². The molecule has 0 aromatic heterocycles. The van der Waals surface area contributed by atoms with E-state index in [0.717, 1.165) is 16.8 Å². The molecule has 5 nitrogen and oxygen atoms in total. The van der Waals surface area contributed by atoms with Gasteiger partial charge in [0.15, 0.2) is 0 Å². The van der Waals surface area contributed by atoms with Crippen LogP contribution in [-0.2, 0) is 4.79 Å². The van der Waals surface area contributed by atoms with Crippen LogP contribution in [0.3, 0.4) is 0 Å². The number of anilines is 1. The van der Waals surface area contributed by atoms with Crippen LogP contribution in [0.5, 0.6) is 0 Å². The van der Waals surface area contributed by atoms with Crippen LogP contribution in [0.2, 0.25) is 0 Å². The van der Waals surface area contributed by atoms with Gasteiger partial charge in [-0.2, -0.15) is 0 Å². The first-order chi connectivity index (χ1) is 10.1. The molecule has 0 aliphatic carbocycles. The molecule has 108 valence electrons. The van der Waals surface area contributed by atoms with E-state index in [1.165, 1.54) is 0 Å². The van der Waals surface area contributed by atoms with Crippen LogP contribution in [0.4, 0.5) is 10.5 Å². The Kier molecular flexibility index (Phi) is 4.56. The second-order valence-electron chi connectivity index (χ2n) is 4.63. The Morgan fingerprint density at radius 1 is 1.00 bits per heavy atom. The number of para-hydroxylation sites is 1. The molecule has 0 bridgehead atoms. The Morgan fingerprint density at radius 3 is 2.29 bits per heavy atom. The normalized spacial score (nSPS) is 11.5. The van der Waals surface area contributed by atoms with Gasteiger partial charge < -0.3 is 11.1 Å². The van der Waals surface area contributed by atoms with E-state index >= 15 is 0 Å². The van der Waals surface area contributed by atoms with Crippen molar-refractivity contribution in [2.24, 2.45) is 5.73 Å². The van der Waals surface area contributed by atoms with E-state index in [4.69, 9.17) is 5.73 Å². The summed E-state index contributed by atoms with van der Waals surface area (Å²) < 4.78 is 0. The van der Waals surface area contributed by atoms with Gasteiger partial charge in [-0.05, 0) is 18.6 Å². The first-order valence-corrected chi connectivity index (χ1v) is 6.59. The molecular weight excluding hydrogens is 266 g/mol. The smallest absolute Gasteiger partial charge is 0.318 e. The van der Waals surface area contributed by atoms with Gasteiger partial charge in [0.2, 0.25) is 5.91 Å². The van der Waals surface area contributed by atoms with Crippen LogP contribution < -0.4 is 16.4 Å². The molecule has 1 unspecified atom stereocenters. The van der Waals surface area contributed by atoms with Crippen LogP contribution in [0.1, 0.15) is 6.92 Å². The number of benzene rings is 2. The van der Waals surface area contributed by atoms with Crippen molar-refractivity contribution in [2.75, 3.05) is 5.32 Å². The summed E-state index contributed by atoms with van der Waals surface area (Å²) in [5, 5.41) is 5.15. The van der Waals surface area contributed by atoms with Crippen LogP contribution in [-0.4, -0.2) is 18.0 Å². The van der Waals surface area contributed by atoms with Crippen molar-refractivity contribution in [2.45, 2.75) is 13.0 Å². The highest BCUT2D eigenvalue weighted by molar-refractivity contribution is 5.97. The molecule has 21 heavy (non-hydrogen) atoms. The van der Waals surface area contributed by atoms with Gasteiger partial charge in [0.1, 0.15) is 6.04 Å². The third-order valence-electron chi connectivity index (χ3n) is 3.02. The molecule has 2 rings (SSSR count). The van der Waals surface area contributed by atoms with Gasteiger partial charge in [0.25, 0.3) is 0 Å². The van der Waals surface area contributed by atoms with Crippen LogP contribution >= 0.6 is 0 Å². The van der Waals surface area contributed by atoms with Crippen molar-refractivity contribution < 1.29 is 9.59 Å². The predicted molar refractivity (Wildman–Crippen MR) is 82.7 cm³/mol. The third-order valence-corrected chi connectivity index (χ3v) is 3.02. The minimum absolute atomic E-state index is 0.467.